The summed E-state index contributed by atoms with van der Waals surface area (Å²) in [6.07, 6.45) is 8.17. The minimum absolute atomic E-state index is 0.0789. The second-order valence-electron chi connectivity index (χ2n) is 14.8. The number of esters is 3. The molecule has 240 valence electrons. The van der Waals surface area contributed by atoms with Crippen LogP contribution in [-0.2, 0) is 28.6 Å². The lowest BCUT2D eigenvalue weighted by Crippen LogP contribution is -2.64. The highest BCUT2D eigenvalue weighted by Crippen LogP contribution is 2.70. The molecule has 5 rings (SSSR count). The lowest BCUT2D eigenvalue weighted by molar-refractivity contribution is -0.231. The van der Waals surface area contributed by atoms with Crippen molar-refractivity contribution < 1.29 is 38.8 Å². The zero-order chi connectivity index (χ0) is 31.9. The summed E-state index contributed by atoms with van der Waals surface area (Å²) in [7, 11) is 0. The fraction of sp³-hybridized carbons (Fsp3) is 0.639. The van der Waals surface area contributed by atoms with Crippen molar-refractivity contribution in [3.05, 3.63) is 53.6 Å². The number of carbonyl (C=O) groups is 3. The minimum atomic E-state index is -1.37. The summed E-state index contributed by atoms with van der Waals surface area (Å²) in [5, 5.41) is 23.9. The van der Waals surface area contributed by atoms with E-state index < -0.39 is 41.8 Å². The third-order valence-electron chi connectivity index (χ3n) is 11.7. The number of carbonyl (C=O) groups excluding carboxylic acids is 3. The summed E-state index contributed by atoms with van der Waals surface area (Å²) >= 11 is 0. The number of aliphatic hydroxyl groups is 2. The maximum absolute atomic E-state index is 12.7. The van der Waals surface area contributed by atoms with Crippen LogP contribution in [0.2, 0.25) is 0 Å². The summed E-state index contributed by atoms with van der Waals surface area (Å²) in [6.45, 7) is 10.6. The van der Waals surface area contributed by atoms with Crippen LogP contribution >= 0.6 is 0 Å². The number of ether oxygens (including phenoxy) is 3. The highest BCUT2D eigenvalue weighted by Gasteiger charge is 2.65. The van der Waals surface area contributed by atoms with E-state index in [0.717, 1.165) is 37.7 Å². The molecule has 0 bridgehead atoms. The second kappa shape index (κ2) is 12.1. The average Bonchev–Trinajstić information content (AvgIpc) is 3.32. The summed E-state index contributed by atoms with van der Waals surface area (Å²) in [5.41, 5.74) is -0.458. The Kier molecular flexibility index (Phi) is 8.91. The van der Waals surface area contributed by atoms with Gasteiger partial charge in [-0.1, -0.05) is 64.4 Å². The molecule has 44 heavy (non-hydrogen) atoms. The van der Waals surface area contributed by atoms with Crippen LogP contribution in [0.25, 0.3) is 6.08 Å². The quantitative estimate of drug-likeness (QED) is 0.283. The molecule has 4 aliphatic rings. The molecular weight excluding hydrogens is 560 g/mol. The lowest BCUT2D eigenvalue weighted by Gasteiger charge is -2.68. The molecule has 8 heteroatoms. The van der Waals surface area contributed by atoms with Crippen LogP contribution in [0.15, 0.2) is 48.1 Å². The molecule has 8 atom stereocenters. The number of fused-ring (bicyclic) bond motifs is 3. The average molecular weight is 609 g/mol. The molecular formula is C36H48O8. The van der Waals surface area contributed by atoms with Gasteiger partial charge in [0.1, 0.15) is 12.2 Å². The third kappa shape index (κ3) is 6.12. The van der Waals surface area contributed by atoms with Crippen molar-refractivity contribution in [1.82, 2.24) is 0 Å². The molecule has 0 saturated heterocycles. The lowest BCUT2D eigenvalue weighted by atomic mass is 9.38. The molecule has 3 saturated carbocycles. The SMILES string of the molecule is CC(=O)OC[C@]1(O)CC[C@@H]2[C@@]3(C)CCCC(C)(C)[C@@H]3CC[C@@]2(C)[C@H]1CC(O)C1=CC(=O)OC1OC(=O)/C=C/c1ccccc1. The van der Waals surface area contributed by atoms with Crippen LogP contribution in [0.4, 0.5) is 0 Å². The van der Waals surface area contributed by atoms with E-state index in [-0.39, 0.29) is 34.8 Å². The Morgan fingerprint density at radius 3 is 2.43 bits per heavy atom. The van der Waals surface area contributed by atoms with Crippen LogP contribution in [0.1, 0.15) is 91.5 Å². The Bertz CT molecular complexity index is 1320. The van der Waals surface area contributed by atoms with Crippen molar-refractivity contribution in [1.29, 1.82) is 0 Å². The van der Waals surface area contributed by atoms with Gasteiger partial charge in [-0.3, -0.25) is 4.79 Å². The van der Waals surface area contributed by atoms with Gasteiger partial charge < -0.3 is 24.4 Å². The number of hydrogen-bond acceptors (Lipinski definition) is 8. The van der Waals surface area contributed by atoms with Crippen molar-refractivity contribution in [3.63, 3.8) is 0 Å². The van der Waals surface area contributed by atoms with Crippen molar-refractivity contribution in [2.45, 2.75) is 104 Å². The number of rotatable bonds is 8. The van der Waals surface area contributed by atoms with Crippen molar-refractivity contribution >= 4 is 24.0 Å². The van der Waals surface area contributed by atoms with Crippen molar-refractivity contribution in [3.8, 4) is 0 Å². The molecule has 3 fully saturated rings. The molecule has 1 aliphatic heterocycles. The first-order valence-electron chi connectivity index (χ1n) is 16.1. The van der Waals surface area contributed by atoms with E-state index in [1.54, 1.807) is 6.08 Å². The Hall–Kier alpha value is -2.97. The van der Waals surface area contributed by atoms with Gasteiger partial charge in [0.15, 0.2) is 0 Å². The maximum Gasteiger partial charge on any atom is 0.334 e. The van der Waals surface area contributed by atoms with E-state index in [0.29, 0.717) is 18.3 Å². The first kappa shape index (κ1) is 32.4. The van der Waals surface area contributed by atoms with Gasteiger partial charge in [0.25, 0.3) is 6.29 Å². The van der Waals surface area contributed by atoms with Crippen molar-refractivity contribution in [2.75, 3.05) is 6.61 Å². The predicted octanol–water partition coefficient (Wildman–Crippen LogP) is 5.76. The Morgan fingerprint density at radius 1 is 1.02 bits per heavy atom. The number of aliphatic hydroxyl groups excluding tert-OH is 1. The first-order chi connectivity index (χ1) is 20.7. The Morgan fingerprint density at radius 2 is 1.73 bits per heavy atom. The first-order valence-corrected chi connectivity index (χ1v) is 16.1. The number of hydrogen-bond donors (Lipinski definition) is 2. The van der Waals surface area contributed by atoms with Gasteiger partial charge in [0.05, 0.1) is 6.10 Å². The fourth-order valence-corrected chi connectivity index (χ4v) is 9.82. The van der Waals surface area contributed by atoms with Crippen LogP contribution in [-0.4, -0.2) is 52.7 Å². The van der Waals surface area contributed by atoms with Gasteiger partial charge in [-0.15, -0.1) is 0 Å². The summed E-state index contributed by atoms with van der Waals surface area (Å²) < 4.78 is 16.2. The molecule has 1 aromatic carbocycles. The molecule has 1 heterocycles. The van der Waals surface area contributed by atoms with E-state index in [9.17, 15) is 24.6 Å². The molecule has 2 unspecified atom stereocenters. The van der Waals surface area contributed by atoms with Crippen LogP contribution in [0.5, 0.6) is 0 Å². The molecule has 0 radical (unpaired) electrons. The molecule has 2 N–H and O–H groups in total. The second-order valence-corrected chi connectivity index (χ2v) is 14.8. The highest BCUT2D eigenvalue weighted by atomic mass is 16.7. The van der Waals surface area contributed by atoms with Crippen LogP contribution in [0.3, 0.4) is 0 Å². The normalized spacial score (nSPS) is 36.9. The zero-order valence-electron chi connectivity index (χ0n) is 26.7. The fourth-order valence-electron chi connectivity index (χ4n) is 9.82. The van der Waals surface area contributed by atoms with Gasteiger partial charge in [0, 0.05) is 24.6 Å². The van der Waals surface area contributed by atoms with Crippen molar-refractivity contribution in [2.24, 2.45) is 34.0 Å². The highest BCUT2D eigenvalue weighted by molar-refractivity contribution is 5.89. The Balaban J connectivity index is 1.40. The van der Waals surface area contributed by atoms with E-state index in [2.05, 4.69) is 27.7 Å². The summed E-state index contributed by atoms with van der Waals surface area (Å²) in [5.74, 6) is -1.48. The van der Waals surface area contributed by atoms with Crippen LogP contribution < -0.4 is 0 Å². The van der Waals surface area contributed by atoms with E-state index in [4.69, 9.17) is 14.2 Å². The molecule has 0 spiro atoms. The Labute approximate surface area is 260 Å². The largest absolute Gasteiger partial charge is 0.463 e. The third-order valence-corrected chi connectivity index (χ3v) is 11.7. The molecule has 8 nitrogen and oxygen atoms in total. The predicted molar refractivity (Wildman–Crippen MR) is 165 cm³/mol. The monoisotopic (exact) mass is 608 g/mol. The topological polar surface area (TPSA) is 119 Å². The molecule has 3 aliphatic carbocycles. The van der Waals surface area contributed by atoms with Gasteiger partial charge >= 0.3 is 17.9 Å². The van der Waals surface area contributed by atoms with E-state index in [1.807, 2.05) is 30.3 Å². The smallest absolute Gasteiger partial charge is 0.334 e. The maximum atomic E-state index is 12.7. The minimum Gasteiger partial charge on any atom is -0.463 e. The van der Waals surface area contributed by atoms with Gasteiger partial charge in [0.2, 0.25) is 0 Å². The van der Waals surface area contributed by atoms with Gasteiger partial charge in [-0.05, 0) is 90.6 Å². The van der Waals surface area contributed by atoms with Gasteiger partial charge in [-0.2, -0.15) is 0 Å². The zero-order valence-corrected chi connectivity index (χ0v) is 26.7. The summed E-state index contributed by atoms with van der Waals surface area (Å²) in [6, 6.07) is 9.25. The van der Waals surface area contributed by atoms with Gasteiger partial charge in [-0.25, -0.2) is 9.59 Å². The van der Waals surface area contributed by atoms with E-state index in [1.165, 1.54) is 25.5 Å². The standard InChI is InChI=1S/C36H48O8/c1-23(37)42-22-36(41)19-15-28-34(4)17-9-16-33(2,3)27(34)14-18-35(28,5)29(36)21-26(38)25-20-31(40)44-32(25)43-30(39)13-12-24-10-7-6-8-11-24/h6-8,10-13,20,26-29,32,38,41H,9,14-19,21-22H2,1-5H3/b13-12+/t26?,27-,28+,29+,32?,34-,35+,36+/m0/s1. The molecule has 0 aromatic heterocycles. The molecule has 1 aromatic rings. The summed E-state index contributed by atoms with van der Waals surface area (Å²) in [4.78, 5) is 36.9. The molecule has 0 amide bonds. The van der Waals surface area contributed by atoms with E-state index >= 15 is 0 Å². The number of cyclic esters (lactones) is 1. The van der Waals surface area contributed by atoms with Crippen LogP contribution in [0, 0.1) is 34.0 Å². The number of benzene rings is 1.